The molecule has 1 saturated heterocycles. The van der Waals surface area contributed by atoms with Gasteiger partial charge in [-0.15, -0.1) is 0 Å². The highest BCUT2D eigenvalue weighted by Crippen LogP contribution is 2.26. The number of hydrogen-bond acceptors (Lipinski definition) is 2. The fourth-order valence-electron chi connectivity index (χ4n) is 3.18. The molecule has 0 radical (unpaired) electrons. The van der Waals surface area contributed by atoms with Crippen molar-refractivity contribution in [2.75, 3.05) is 19.6 Å². The molecule has 1 aliphatic heterocycles. The molecule has 1 heterocycles. The lowest BCUT2D eigenvalue weighted by atomic mass is 9.89. The lowest BCUT2D eigenvalue weighted by Gasteiger charge is -2.39. The molecular weight excluding hydrogens is 220 g/mol. The smallest absolute Gasteiger partial charge is 0.0284 e. The number of likely N-dealkylation sites (tertiary alicyclic amines) is 1. The van der Waals surface area contributed by atoms with Crippen LogP contribution in [0.1, 0.15) is 38.2 Å². The van der Waals surface area contributed by atoms with E-state index in [0.717, 1.165) is 12.5 Å². The van der Waals surface area contributed by atoms with E-state index in [9.17, 15) is 0 Å². The second kappa shape index (κ2) is 6.35. The van der Waals surface area contributed by atoms with Crippen molar-refractivity contribution >= 4 is 0 Å². The van der Waals surface area contributed by atoms with E-state index in [2.05, 4.69) is 49.1 Å². The lowest BCUT2D eigenvalue weighted by Crippen LogP contribution is -2.48. The zero-order valence-electron chi connectivity index (χ0n) is 11.7. The Hall–Kier alpha value is -0.860. The fourth-order valence-corrected chi connectivity index (χ4v) is 3.18. The van der Waals surface area contributed by atoms with Crippen LogP contribution in [0.3, 0.4) is 0 Å². The van der Waals surface area contributed by atoms with E-state index < -0.39 is 0 Å². The molecule has 3 unspecified atom stereocenters. The summed E-state index contributed by atoms with van der Waals surface area (Å²) in [6.07, 6.45) is 2.69. The van der Waals surface area contributed by atoms with Crippen LogP contribution in [-0.2, 0) is 0 Å². The Labute approximate surface area is 111 Å². The van der Waals surface area contributed by atoms with Gasteiger partial charge >= 0.3 is 0 Å². The van der Waals surface area contributed by atoms with E-state index in [1.54, 1.807) is 0 Å². The predicted octanol–water partition coefficient (Wildman–Crippen LogP) is 2.85. The van der Waals surface area contributed by atoms with Crippen LogP contribution in [0.4, 0.5) is 0 Å². The summed E-state index contributed by atoms with van der Waals surface area (Å²) >= 11 is 0. The van der Waals surface area contributed by atoms with Gasteiger partial charge in [0.05, 0.1) is 0 Å². The van der Waals surface area contributed by atoms with Gasteiger partial charge in [0.25, 0.3) is 0 Å². The second-order valence-electron chi connectivity index (χ2n) is 5.74. The van der Waals surface area contributed by atoms with E-state index >= 15 is 0 Å². The molecule has 0 aliphatic carbocycles. The Kier molecular flexibility index (Phi) is 4.79. The van der Waals surface area contributed by atoms with Crippen LogP contribution >= 0.6 is 0 Å². The molecule has 2 rings (SSSR count). The van der Waals surface area contributed by atoms with Gasteiger partial charge < -0.3 is 5.73 Å². The van der Waals surface area contributed by atoms with Crippen LogP contribution in [-0.4, -0.2) is 30.6 Å². The van der Waals surface area contributed by atoms with Gasteiger partial charge in [0.15, 0.2) is 0 Å². The maximum atomic E-state index is 6.05. The zero-order valence-corrected chi connectivity index (χ0v) is 11.7. The third-order valence-electron chi connectivity index (χ3n) is 4.30. The van der Waals surface area contributed by atoms with Crippen LogP contribution in [0.15, 0.2) is 30.3 Å². The number of piperidine rings is 1. The van der Waals surface area contributed by atoms with Crippen molar-refractivity contribution in [2.24, 2.45) is 11.7 Å². The summed E-state index contributed by atoms with van der Waals surface area (Å²) < 4.78 is 0. The van der Waals surface area contributed by atoms with Crippen LogP contribution < -0.4 is 5.73 Å². The van der Waals surface area contributed by atoms with Gasteiger partial charge in [0.1, 0.15) is 0 Å². The molecule has 2 heteroatoms. The first-order valence-electron chi connectivity index (χ1n) is 7.21. The van der Waals surface area contributed by atoms with E-state index in [1.807, 2.05) is 0 Å². The molecule has 1 aromatic carbocycles. The Morgan fingerprint density at radius 2 is 2.06 bits per heavy atom. The number of rotatable bonds is 4. The Morgan fingerprint density at radius 1 is 1.33 bits per heavy atom. The van der Waals surface area contributed by atoms with Crippen LogP contribution in [0.25, 0.3) is 0 Å². The monoisotopic (exact) mass is 246 g/mol. The molecular formula is C16H26N2. The first-order chi connectivity index (χ1) is 8.72. The van der Waals surface area contributed by atoms with Crippen molar-refractivity contribution in [3.63, 3.8) is 0 Å². The molecule has 0 spiro atoms. The number of benzene rings is 1. The van der Waals surface area contributed by atoms with Gasteiger partial charge in [-0.05, 0) is 36.8 Å². The highest BCUT2D eigenvalue weighted by atomic mass is 15.2. The van der Waals surface area contributed by atoms with E-state index in [0.29, 0.717) is 12.0 Å². The molecule has 3 atom stereocenters. The van der Waals surface area contributed by atoms with Crippen LogP contribution in [0.2, 0.25) is 0 Å². The predicted molar refractivity (Wildman–Crippen MR) is 77.7 cm³/mol. The van der Waals surface area contributed by atoms with Crippen molar-refractivity contribution in [1.82, 2.24) is 4.90 Å². The standard InChI is InChI=1S/C16H26N2/c1-13-7-6-10-18(12-13)16(11-17)14(2)15-8-4-3-5-9-15/h3-5,8-9,13-14,16H,6-7,10-12,17H2,1-2H3. The minimum absolute atomic E-state index is 0.482. The summed E-state index contributed by atoms with van der Waals surface area (Å²) in [7, 11) is 0. The summed E-state index contributed by atoms with van der Waals surface area (Å²) in [5.41, 5.74) is 7.45. The highest BCUT2D eigenvalue weighted by Gasteiger charge is 2.27. The van der Waals surface area contributed by atoms with Gasteiger partial charge in [-0.25, -0.2) is 0 Å². The number of hydrogen-bond donors (Lipinski definition) is 1. The molecule has 2 nitrogen and oxygen atoms in total. The molecule has 0 aromatic heterocycles. The second-order valence-corrected chi connectivity index (χ2v) is 5.74. The average molecular weight is 246 g/mol. The molecule has 1 aliphatic rings. The van der Waals surface area contributed by atoms with Crippen LogP contribution in [0.5, 0.6) is 0 Å². The van der Waals surface area contributed by atoms with Crippen molar-refractivity contribution in [1.29, 1.82) is 0 Å². The van der Waals surface area contributed by atoms with Gasteiger partial charge in [-0.1, -0.05) is 44.2 Å². The summed E-state index contributed by atoms with van der Waals surface area (Å²) in [6, 6.07) is 11.3. The van der Waals surface area contributed by atoms with E-state index in [1.165, 1.54) is 31.5 Å². The van der Waals surface area contributed by atoms with Gasteiger partial charge in [0, 0.05) is 19.1 Å². The Bertz CT molecular complexity index is 349. The normalized spacial score (nSPS) is 24.7. The fraction of sp³-hybridized carbons (Fsp3) is 0.625. The third kappa shape index (κ3) is 3.12. The third-order valence-corrected chi connectivity index (χ3v) is 4.30. The van der Waals surface area contributed by atoms with Gasteiger partial charge in [-0.2, -0.15) is 0 Å². The molecule has 2 N–H and O–H groups in total. The Morgan fingerprint density at radius 3 is 2.67 bits per heavy atom. The number of nitrogens with zero attached hydrogens (tertiary/aromatic N) is 1. The van der Waals surface area contributed by atoms with Crippen LogP contribution in [0, 0.1) is 5.92 Å². The molecule has 1 fully saturated rings. The molecule has 100 valence electrons. The van der Waals surface area contributed by atoms with Crippen molar-refractivity contribution in [3.8, 4) is 0 Å². The number of nitrogens with two attached hydrogens (primary N) is 1. The zero-order chi connectivity index (χ0) is 13.0. The summed E-state index contributed by atoms with van der Waals surface area (Å²) in [6.45, 7) is 7.84. The summed E-state index contributed by atoms with van der Waals surface area (Å²) in [4.78, 5) is 2.60. The molecule has 18 heavy (non-hydrogen) atoms. The quantitative estimate of drug-likeness (QED) is 0.885. The van der Waals surface area contributed by atoms with Crippen molar-refractivity contribution in [2.45, 2.75) is 38.6 Å². The summed E-state index contributed by atoms with van der Waals surface area (Å²) in [5, 5.41) is 0. The first kappa shape index (κ1) is 13.6. The van der Waals surface area contributed by atoms with Gasteiger partial charge in [-0.3, -0.25) is 4.90 Å². The largest absolute Gasteiger partial charge is 0.329 e. The minimum atomic E-state index is 0.482. The minimum Gasteiger partial charge on any atom is -0.329 e. The topological polar surface area (TPSA) is 29.3 Å². The maximum absolute atomic E-state index is 6.05. The Balaban J connectivity index is 2.08. The summed E-state index contributed by atoms with van der Waals surface area (Å²) in [5.74, 6) is 1.33. The average Bonchev–Trinajstić information content (AvgIpc) is 2.40. The van der Waals surface area contributed by atoms with Crippen molar-refractivity contribution < 1.29 is 0 Å². The highest BCUT2D eigenvalue weighted by molar-refractivity contribution is 5.20. The van der Waals surface area contributed by atoms with Crippen molar-refractivity contribution in [3.05, 3.63) is 35.9 Å². The first-order valence-corrected chi connectivity index (χ1v) is 7.21. The van der Waals surface area contributed by atoms with Gasteiger partial charge in [0.2, 0.25) is 0 Å². The SMILES string of the molecule is CC1CCCN(C(CN)C(C)c2ccccc2)C1. The molecule has 0 bridgehead atoms. The van der Waals surface area contributed by atoms with E-state index in [4.69, 9.17) is 5.73 Å². The maximum Gasteiger partial charge on any atom is 0.0284 e. The van der Waals surface area contributed by atoms with E-state index in [-0.39, 0.29) is 0 Å². The molecule has 0 amide bonds. The lowest BCUT2D eigenvalue weighted by molar-refractivity contribution is 0.119. The molecule has 0 saturated carbocycles. The molecule has 1 aromatic rings.